The van der Waals surface area contributed by atoms with Gasteiger partial charge < -0.3 is 4.90 Å². The van der Waals surface area contributed by atoms with Gasteiger partial charge in [-0.15, -0.1) is 0 Å². The number of aromatic nitrogens is 2. The molecule has 0 atom stereocenters. The summed E-state index contributed by atoms with van der Waals surface area (Å²) in [4.78, 5) is 13.8. The van der Waals surface area contributed by atoms with Crippen LogP contribution in [0, 0.1) is 6.92 Å². The molecular weight excluding hydrogens is 398 g/mol. The van der Waals surface area contributed by atoms with Crippen LogP contribution in [0.25, 0.3) is 10.9 Å². The molecule has 0 radical (unpaired) electrons. The van der Waals surface area contributed by atoms with Gasteiger partial charge in [0.1, 0.15) is 5.82 Å². The van der Waals surface area contributed by atoms with Crippen LogP contribution >= 0.6 is 0 Å². The Morgan fingerprint density at radius 1 is 1.07 bits per heavy atom. The zero-order chi connectivity index (χ0) is 21.1. The standard InChI is InChI=1S/C22H27N5O2S/c1-17-23-16-20-21(24-17)7-4-8-22(20)27-13-11-26(12-14-27)10-9-18-5-3-6-19(15-18)25-30(2,28)29/h3-8,15-16,25H,9-14H2,1-2H3. The van der Waals surface area contributed by atoms with Crippen molar-refractivity contribution in [2.45, 2.75) is 13.3 Å². The second kappa shape index (κ2) is 8.57. The third kappa shape index (κ3) is 5.06. The molecule has 1 aliphatic rings. The summed E-state index contributed by atoms with van der Waals surface area (Å²) in [6, 6.07) is 13.9. The third-order valence-electron chi connectivity index (χ3n) is 5.38. The highest BCUT2D eigenvalue weighted by Gasteiger charge is 2.19. The molecular formula is C22H27N5O2S. The molecule has 30 heavy (non-hydrogen) atoms. The predicted octanol–water partition coefficient (Wildman–Crippen LogP) is 2.67. The summed E-state index contributed by atoms with van der Waals surface area (Å²) >= 11 is 0. The predicted molar refractivity (Wildman–Crippen MR) is 122 cm³/mol. The van der Waals surface area contributed by atoms with Crippen molar-refractivity contribution < 1.29 is 8.42 Å². The maximum Gasteiger partial charge on any atom is 0.229 e. The maximum absolute atomic E-state index is 11.4. The van der Waals surface area contributed by atoms with Crippen LogP contribution in [-0.4, -0.2) is 62.3 Å². The summed E-state index contributed by atoms with van der Waals surface area (Å²) in [6.07, 6.45) is 3.99. The molecule has 1 saturated heterocycles. The number of sulfonamides is 1. The number of nitrogens with zero attached hydrogens (tertiary/aromatic N) is 4. The van der Waals surface area contributed by atoms with Crippen LogP contribution in [-0.2, 0) is 16.4 Å². The van der Waals surface area contributed by atoms with Crippen LogP contribution in [0.5, 0.6) is 0 Å². The van der Waals surface area contributed by atoms with Gasteiger partial charge >= 0.3 is 0 Å². The lowest BCUT2D eigenvalue weighted by Gasteiger charge is -2.36. The average molecular weight is 426 g/mol. The van der Waals surface area contributed by atoms with Crippen molar-refractivity contribution in [2.24, 2.45) is 0 Å². The van der Waals surface area contributed by atoms with E-state index in [1.165, 1.54) is 11.9 Å². The number of fused-ring (bicyclic) bond motifs is 1. The van der Waals surface area contributed by atoms with E-state index in [1.807, 2.05) is 37.4 Å². The highest BCUT2D eigenvalue weighted by molar-refractivity contribution is 7.92. The molecule has 0 amide bonds. The highest BCUT2D eigenvalue weighted by Crippen LogP contribution is 2.26. The van der Waals surface area contributed by atoms with Gasteiger partial charge in [0.05, 0.1) is 11.8 Å². The summed E-state index contributed by atoms with van der Waals surface area (Å²) in [5, 5.41) is 1.10. The van der Waals surface area contributed by atoms with E-state index in [2.05, 4.69) is 36.6 Å². The SMILES string of the molecule is Cc1ncc2c(N3CCN(CCc4cccc(NS(C)(=O)=O)c4)CC3)cccc2n1. The van der Waals surface area contributed by atoms with E-state index in [9.17, 15) is 8.42 Å². The molecule has 2 aromatic carbocycles. The molecule has 4 rings (SSSR count). The number of hydrogen-bond acceptors (Lipinski definition) is 6. The van der Waals surface area contributed by atoms with Crippen LogP contribution in [0.1, 0.15) is 11.4 Å². The van der Waals surface area contributed by atoms with Crippen molar-refractivity contribution in [2.75, 3.05) is 48.6 Å². The summed E-state index contributed by atoms with van der Waals surface area (Å²) in [5.74, 6) is 0.792. The van der Waals surface area contributed by atoms with Gasteiger partial charge in [-0.25, -0.2) is 18.4 Å². The van der Waals surface area contributed by atoms with Gasteiger partial charge in [0.2, 0.25) is 10.0 Å². The fourth-order valence-corrected chi connectivity index (χ4v) is 4.47. The second-order valence-corrected chi connectivity index (χ2v) is 9.53. The van der Waals surface area contributed by atoms with Crippen LogP contribution in [0.4, 0.5) is 11.4 Å². The minimum Gasteiger partial charge on any atom is -0.368 e. The van der Waals surface area contributed by atoms with Crippen LogP contribution in [0.3, 0.4) is 0 Å². The Morgan fingerprint density at radius 2 is 1.83 bits per heavy atom. The van der Waals surface area contributed by atoms with Crippen LogP contribution in [0.2, 0.25) is 0 Å². The topological polar surface area (TPSA) is 78.4 Å². The minimum atomic E-state index is -3.25. The monoisotopic (exact) mass is 425 g/mol. The molecule has 7 nitrogen and oxygen atoms in total. The lowest BCUT2D eigenvalue weighted by Crippen LogP contribution is -2.47. The van der Waals surface area contributed by atoms with Crippen LogP contribution < -0.4 is 9.62 Å². The van der Waals surface area contributed by atoms with E-state index in [1.54, 1.807) is 6.07 Å². The first-order chi connectivity index (χ1) is 14.4. The largest absolute Gasteiger partial charge is 0.368 e. The van der Waals surface area contributed by atoms with Gasteiger partial charge in [0.25, 0.3) is 0 Å². The van der Waals surface area contributed by atoms with E-state index in [4.69, 9.17) is 0 Å². The third-order valence-corrected chi connectivity index (χ3v) is 5.99. The van der Waals surface area contributed by atoms with Crippen molar-refractivity contribution in [3.63, 3.8) is 0 Å². The molecule has 1 fully saturated rings. The smallest absolute Gasteiger partial charge is 0.229 e. The summed E-state index contributed by atoms with van der Waals surface area (Å²) in [7, 11) is -3.25. The van der Waals surface area contributed by atoms with Crippen LogP contribution in [0.15, 0.2) is 48.7 Å². The van der Waals surface area contributed by atoms with E-state index < -0.39 is 10.0 Å². The zero-order valence-electron chi connectivity index (χ0n) is 17.4. The van der Waals surface area contributed by atoms with E-state index >= 15 is 0 Å². The second-order valence-electron chi connectivity index (χ2n) is 7.78. The van der Waals surface area contributed by atoms with Gasteiger partial charge in [-0.05, 0) is 43.2 Å². The molecule has 158 valence electrons. The molecule has 8 heteroatoms. The number of hydrogen-bond donors (Lipinski definition) is 1. The number of rotatable bonds is 6. The Labute approximate surface area is 177 Å². The first kappa shape index (κ1) is 20.6. The van der Waals surface area contributed by atoms with E-state index in [-0.39, 0.29) is 0 Å². The van der Waals surface area contributed by atoms with Gasteiger partial charge in [-0.2, -0.15) is 0 Å². The molecule has 0 bridgehead atoms. The molecule has 1 aliphatic heterocycles. The Kier molecular flexibility index (Phi) is 5.87. The fraction of sp³-hybridized carbons (Fsp3) is 0.364. The summed E-state index contributed by atoms with van der Waals surface area (Å²) in [5.41, 5.74) is 3.94. The normalized spacial score (nSPS) is 15.5. The zero-order valence-corrected chi connectivity index (χ0v) is 18.2. The highest BCUT2D eigenvalue weighted by atomic mass is 32.2. The van der Waals surface area contributed by atoms with Crippen molar-refractivity contribution in [3.8, 4) is 0 Å². The molecule has 2 heterocycles. The summed E-state index contributed by atoms with van der Waals surface area (Å²) < 4.78 is 25.4. The fourth-order valence-electron chi connectivity index (χ4n) is 3.91. The van der Waals surface area contributed by atoms with Gasteiger partial charge in [-0.3, -0.25) is 9.62 Å². The van der Waals surface area contributed by atoms with E-state index in [0.29, 0.717) is 5.69 Å². The van der Waals surface area contributed by atoms with Gasteiger partial charge in [0.15, 0.2) is 0 Å². The summed E-state index contributed by atoms with van der Waals surface area (Å²) in [6.45, 7) is 6.77. The average Bonchev–Trinajstić information content (AvgIpc) is 2.71. The quantitative estimate of drug-likeness (QED) is 0.654. The van der Waals surface area contributed by atoms with Gasteiger partial charge in [0, 0.05) is 55.7 Å². The molecule has 0 aliphatic carbocycles. The van der Waals surface area contributed by atoms with Crippen molar-refractivity contribution in [1.82, 2.24) is 14.9 Å². The maximum atomic E-state index is 11.4. The Morgan fingerprint density at radius 3 is 2.60 bits per heavy atom. The van der Waals surface area contributed by atoms with Crippen molar-refractivity contribution in [1.29, 1.82) is 0 Å². The molecule has 1 N–H and O–H groups in total. The Hall–Kier alpha value is -2.71. The molecule has 3 aromatic rings. The molecule has 0 saturated carbocycles. The lowest BCUT2D eigenvalue weighted by molar-refractivity contribution is 0.261. The first-order valence-electron chi connectivity index (χ1n) is 10.1. The Balaban J connectivity index is 1.35. The Bertz CT molecular complexity index is 1140. The lowest BCUT2D eigenvalue weighted by atomic mass is 10.1. The van der Waals surface area contributed by atoms with Gasteiger partial charge in [-0.1, -0.05) is 18.2 Å². The molecule has 0 spiro atoms. The number of piperazine rings is 1. The molecule has 0 unspecified atom stereocenters. The van der Waals surface area contributed by atoms with Crippen molar-refractivity contribution in [3.05, 3.63) is 60.0 Å². The number of benzene rings is 2. The molecule has 1 aromatic heterocycles. The first-order valence-corrected chi connectivity index (χ1v) is 12.0. The number of nitrogens with one attached hydrogen (secondary N) is 1. The number of anilines is 2. The van der Waals surface area contributed by atoms with E-state index in [0.717, 1.165) is 61.4 Å². The number of aryl methyl sites for hydroxylation is 1. The minimum absolute atomic E-state index is 0.619. The van der Waals surface area contributed by atoms with Crippen molar-refractivity contribution >= 4 is 32.3 Å².